The van der Waals surface area contributed by atoms with Gasteiger partial charge in [0.05, 0.1) is 12.5 Å². The van der Waals surface area contributed by atoms with Crippen molar-refractivity contribution in [2.75, 3.05) is 6.61 Å². The molecule has 0 bridgehead atoms. The van der Waals surface area contributed by atoms with Crippen molar-refractivity contribution in [3.8, 4) is 11.5 Å². The Labute approximate surface area is 114 Å². The maximum atomic E-state index is 12.4. The molecule has 0 spiro atoms. The van der Waals surface area contributed by atoms with Gasteiger partial charge in [0.25, 0.3) is 0 Å². The van der Waals surface area contributed by atoms with Gasteiger partial charge >= 0.3 is 12.3 Å². The minimum absolute atomic E-state index is 0.0623. The third kappa shape index (κ3) is 4.99. The third-order valence-electron chi connectivity index (χ3n) is 2.52. The zero-order valence-electron chi connectivity index (χ0n) is 11.0. The van der Waals surface area contributed by atoms with E-state index in [0.29, 0.717) is 6.61 Å². The molecule has 0 aromatic heterocycles. The van der Waals surface area contributed by atoms with Gasteiger partial charge in [-0.1, -0.05) is 13.0 Å². The molecule has 0 saturated carbocycles. The summed E-state index contributed by atoms with van der Waals surface area (Å²) in [5.41, 5.74) is 0.167. The fourth-order valence-corrected chi connectivity index (χ4v) is 1.60. The number of carboxylic acid groups (broad SMARTS) is 1. The molecule has 0 saturated heterocycles. The van der Waals surface area contributed by atoms with Crippen molar-refractivity contribution in [3.05, 3.63) is 23.8 Å². The smallest absolute Gasteiger partial charge is 0.494 e. The van der Waals surface area contributed by atoms with Gasteiger partial charge in [-0.3, -0.25) is 4.79 Å². The predicted molar refractivity (Wildman–Crippen MR) is 64.8 cm³/mol. The molecule has 1 unspecified atom stereocenters. The van der Waals surface area contributed by atoms with E-state index in [1.807, 2.05) is 0 Å². The number of carbonyl (C=O) groups is 1. The molecule has 7 heteroatoms. The summed E-state index contributed by atoms with van der Waals surface area (Å²) in [5, 5.41) is 8.82. The number of rotatable bonds is 6. The van der Waals surface area contributed by atoms with Crippen LogP contribution in [0.2, 0.25) is 0 Å². The number of aliphatic carboxylic acids is 1. The van der Waals surface area contributed by atoms with E-state index in [9.17, 15) is 18.0 Å². The number of hydrogen-bond donors (Lipinski definition) is 1. The summed E-state index contributed by atoms with van der Waals surface area (Å²) in [6.07, 6.45) is -4.90. The van der Waals surface area contributed by atoms with Gasteiger partial charge in [-0.2, -0.15) is 0 Å². The fraction of sp³-hybridized carbons (Fsp3) is 0.462. The van der Waals surface area contributed by atoms with Crippen molar-refractivity contribution in [1.82, 2.24) is 0 Å². The molecule has 1 rings (SSSR count). The largest absolute Gasteiger partial charge is 0.573 e. The van der Waals surface area contributed by atoms with E-state index < -0.39 is 24.0 Å². The first-order chi connectivity index (χ1) is 9.23. The van der Waals surface area contributed by atoms with E-state index >= 15 is 0 Å². The molecule has 0 aliphatic carbocycles. The molecule has 0 aliphatic heterocycles. The molecular formula is C13H15F3O4. The Morgan fingerprint density at radius 3 is 2.55 bits per heavy atom. The Morgan fingerprint density at radius 1 is 1.40 bits per heavy atom. The molecule has 1 aromatic rings. The topological polar surface area (TPSA) is 55.8 Å². The van der Waals surface area contributed by atoms with Crippen molar-refractivity contribution in [2.45, 2.75) is 26.6 Å². The average Bonchev–Trinajstić information content (AvgIpc) is 2.30. The van der Waals surface area contributed by atoms with Crippen molar-refractivity contribution >= 4 is 5.97 Å². The molecule has 1 atom stereocenters. The van der Waals surface area contributed by atoms with Crippen LogP contribution in [0.15, 0.2) is 18.2 Å². The number of halogens is 3. The lowest BCUT2D eigenvalue weighted by Gasteiger charge is -2.16. The summed E-state index contributed by atoms with van der Waals surface area (Å²) in [7, 11) is 0. The monoisotopic (exact) mass is 292 g/mol. The number of benzene rings is 1. The predicted octanol–water partition coefficient (Wildman–Crippen LogP) is 3.25. The Kier molecular flexibility index (Phi) is 5.24. The zero-order chi connectivity index (χ0) is 15.3. The van der Waals surface area contributed by atoms with Crippen LogP contribution in [0, 0.1) is 5.92 Å². The van der Waals surface area contributed by atoms with Crippen LogP contribution in [0.5, 0.6) is 11.5 Å². The van der Waals surface area contributed by atoms with Crippen molar-refractivity contribution in [2.24, 2.45) is 5.92 Å². The maximum Gasteiger partial charge on any atom is 0.573 e. The second-order valence-electron chi connectivity index (χ2n) is 4.19. The average molecular weight is 292 g/mol. The van der Waals surface area contributed by atoms with E-state index in [1.54, 1.807) is 6.92 Å². The van der Waals surface area contributed by atoms with Crippen molar-refractivity contribution in [3.63, 3.8) is 0 Å². The quantitative estimate of drug-likeness (QED) is 0.874. The molecule has 112 valence electrons. The van der Waals surface area contributed by atoms with Gasteiger partial charge in [0.1, 0.15) is 11.5 Å². The number of ether oxygens (including phenoxy) is 2. The van der Waals surface area contributed by atoms with Crippen LogP contribution in [0.4, 0.5) is 13.2 Å². The standard InChI is InChI=1S/C13H15F3O4/c1-3-19-10-5-4-9(6-8(2)12(17)18)11(7-10)20-13(14,15)16/h4-5,7-8H,3,6H2,1-2H3,(H,17,18). The summed E-state index contributed by atoms with van der Waals surface area (Å²) in [6, 6.07) is 3.98. The Bertz CT molecular complexity index is 471. The molecule has 1 N–H and O–H groups in total. The lowest BCUT2D eigenvalue weighted by atomic mass is 10.0. The van der Waals surface area contributed by atoms with Gasteiger partial charge in [0.15, 0.2) is 0 Å². The van der Waals surface area contributed by atoms with E-state index in [4.69, 9.17) is 9.84 Å². The summed E-state index contributed by atoms with van der Waals surface area (Å²) in [5.74, 6) is -2.10. The SMILES string of the molecule is CCOc1ccc(CC(C)C(=O)O)c(OC(F)(F)F)c1. The molecule has 0 fully saturated rings. The molecule has 0 radical (unpaired) electrons. The van der Waals surface area contributed by atoms with Gasteiger partial charge in [0.2, 0.25) is 0 Å². The highest BCUT2D eigenvalue weighted by Crippen LogP contribution is 2.31. The molecular weight excluding hydrogens is 277 g/mol. The molecule has 4 nitrogen and oxygen atoms in total. The molecule has 0 amide bonds. The number of hydrogen-bond acceptors (Lipinski definition) is 3. The first kappa shape index (κ1) is 16.1. The lowest BCUT2D eigenvalue weighted by Crippen LogP contribution is -2.19. The van der Waals surface area contributed by atoms with Crippen LogP contribution in [-0.4, -0.2) is 24.0 Å². The van der Waals surface area contributed by atoms with E-state index in [0.717, 1.165) is 6.07 Å². The molecule has 1 aromatic carbocycles. The minimum atomic E-state index is -4.84. The van der Waals surface area contributed by atoms with Crippen LogP contribution in [0.3, 0.4) is 0 Å². The molecule has 0 aliphatic rings. The zero-order valence-corrected chi connectivity index (χ0v) is 11.0. The Balaban J connectivity index is 3.05. The van der Waals surface area contributed by atoms with Crippen LogP contribution in [0.1, 0.15) is 19.4 Å². The lowest BCUT2D eigenvalue weighted by molar-refractivity contribution is -0.274. The van der Waals surface area contributed by atoms with Crippen LogP contribution < -0.4 is 9.47 Å². The van der Waals surface area contributed by atoms with Gasteiger partial charge < -0.3 is 14.6 Å². The molecule has 0 heterocycles. The van der Waals surface area contributed by atoms with Gasteiger partial charge in [-0.15, -0.1) is 13.2 Å². The van der Waals surface area contributed by atoms with Crippen LogP contribution in [0.25, 0.3) is 0 Å². The second kappa shape index (κ2) is 6.49. The summed E-state index contributed by atoms with van der Waals surface area (Å²) >= 11 is 0. The van der Waals surface area contributed by atoms with Crippen molar-refractivity contribution in [1.29, 1.82) is 0 Å². The first-order valence-electron chi connectivity index (χ1n) is 5.97. The van der Waals surface area contributed by atoms with Gasteiger partial charge in [-0.25, -0.2) is 0 Å². The van der Waals surface area contributed by atoms with E-state index in [1.165, 1.54) is 19.1 Å². The minimum Gasteiger partial charge on any atom is -0.494 e. The summed E-state index contributed by atoms with van der Waals surface area (Å²) < 4.78 is 46.1. The number of alkyl halides is 3. The van der Waals surface area contributed by atoms with Crippen molar-refractivity contribution < 1.29 is 32.5 Å². The Hall–Kier alpha value is -1.92. The summed E-state index contributed by atoms with van der Waals surface area (Å²) in [6.45, 7) is 3.41. The Morgan fingerprint density at radius 2 is 2.05 bits per heavy atom. The molecule has 20 heavy (non-hydrogen) atoms. The highest BCUT2D eigenvalue weighted by molar-refractivity contribution is 5.70. The van der Waals surface area contributed by atoms with Crippen LogP contribution >= 0.6 is 0 Å². The fourth-order valence-electron chi connectivity index (χ4n) is 1.60. The van der Waals surface area contributed by atoms with E-state index in [-0.39, 0.29) is 17.7 Å². The second-order valence-corrected chi connectivity index (χ2v) is 4.19. The third-order valence-corrected chi connectivity index (χ3v) is 2.52. The highest BCUT2D eigenvalue weighted by Gasteiger charge is 2.32. The van der Waals surface area contributed by atoms with E-state index in [2.05, 4.69) is 4.74 Å². The maximum absolute atomic E-state index is 12.4. The van der Waals surface area contributed by atoms with Crippen LogP contribution in [-0.2, 0) is 11.2 Å². The normalized spacial score (nSPS) is 12.8. The highest BCUT2D eigenvalue weighted by atomic mass is 19.4. The van der Waals surface area contributed by atoms with Gasteiger partial charge in [0, 0.05) is 6.07 Å². The summed E-state index contributed by atoms with van der Waals surface area (Å²) in [4.78, 5) is 10.8. The van der Waals surface area contributed by atoms with Gasteiger partial charge in [-0.05, 0) is 25.0 Å². The first-order valence-corrected chi connectivity index (χ1v) is 5.97. The number of carboxylic acids is 1.